The zero-order chi connectivity index (χ0) is 12.7. The van der Waals surface area contributed by atoms with Crippen molar-refractivity contribution in [3.8, 4) is 0 Å². The first-order chi connectivity index (χ1) is 8.22. The van der Waals surface area contributed by atoms with Crippen LogP contribution in [0.15, 0.2) is 6.33 Å². The van der Waals surface area contributed by atoms with E-state index in [2.05, 4.69) is 15.3 Å². The number of nitrogens with two attached hydrogens (primary N) is 1. The Bertz CT molecular complexity index is 340. The third-order valence-electron chi connectivity index (χ3n) is 2.52. The van der Waals surface area contributed by atoms with Gasteiger partial charge in [0, 0.05) is 19.3 Å². The molecule has 4 N–H and O–H groups in total. The number of aliphatic hydroxyl groups is 1. The number of hydrogen-bond acceptors (Lipinski definition) is 6. The minimum atomic E-state index is 0.0181. The molecule has 0 aliphatic heterocycles. The zero-order valence-corrected chi connectivity index (χ0v) is 10.3. The number of hydrogen-bond donors (Lipinski definition) is 3. The lowest BCUT2D eigenvalue weighted by molar-refractivity contribution is 0.170. The van der Waals surface area contributed by atoms with Crippen molar-refractivity contribution in [2.24, 2.45) is 0 Å². The molecular weight excluding hydrogens is 220 g/mol. The molecule has 0 bridgehead atoms. The number of nitrogen functional groups attached to an aromatic ring is 1. The van der Waals surface area contributed by atoms with Gasteiger partial charge in [0.05, 0.1) is 12.6 Å². The molecule has 6 heteroatoms. The molecule has 0 saturated heterocycles. The summed E-state index contributed by atoms with van der Waals surface area (Å²) in [6.07, 6.45) is 2.79. The molecule has 1 heterocycles. The van der Waals surface area contributed by atoms with E-state index in [1.807, 2.05) is 6.92 Å². The monoisotopic (exact) mass is 240 g/mol. The van der Waals surface area contributed by atoms with Crippen LogP contribution >= 0.6 is 0 Å². The molecule has 0 amide bonds. The molecule has 0 saturated carbocycles. The van der Waals surface area contributed by atoms with Gasteiger partial charge < -0.3 is 20.9 Å². The van der Waals surface area contributed by atoms with Gasteiger partial charge >= 0.3 is 0 Å². The minimum absolute atomic E-state index is 0.0181. The number of aromatic nitrogens is 2. The van der Waals surface area contributed by atoms with Gasteiger partial charge in [-0.05, 0) is 12.8 Å². The van der Waals surface area contributed by atoms with Gasteiger partial charge in [-0.1, -0.05) is 6.92 Å². The van der Waals surface area contributed by atoms with Crippen molar-refractivity contribution in [3.63, 3.8) is 0 Å². The highest BCUT2D eigenvalue weighted by Crippen LogP contribution is 2.18. The lowest BCUT2D eigenvalue weighted by Crippen LogP contribution is -2.27. The minimum Gasteiger partial charge on any atom is -0.396 e. The number of ether oxygens (including phenoxy) is 1. The van der Waals surface area contributed by atoms with Crippen molar-refractivity contribution >= 4 is 11.6 Å². The van der Waals surface area contributed by atoms with E-state index in [0.29, 0.717) is 18.8 Å². The molecular formula is C11H20N4O2. The number of methoxy groups -OCH3 is 1. The molecule has 0 aliphatic carbocycles. The molecule has 1 atom stereocenters. The van der Waals surface area contributed by atoms with Crippen LogP contribution in [0.5, 0.6) is 0 Å². The van der Waals surface area contributed by atoms with Gasteiger partial charge in [-0.2, -0.15) is 0 Å². The Morgan fingerprint density at radius 1 is 1.53 bits per heavy atom. The normalized spacial score (nSPS) is 12.4. The molecule has 0 spiro atoms. The van der Waals surface area contributed by atoms with Crippen LogP contribution < -0.4 is 11.1 Å². The second kappa shape index (κ2) is 7.03. The third-order valence-corrected chi connectivity index (χ3v) is 2.52. The van der Waals surface area contributed by atoms with Crippen molar-refractivity contribution in [2.45, 2.75) is 25.8 Å². The van der Waals surface area contributed by atoms with Crippen LogP contribution in [0.3, 0.4) is 0 Å². The largest absolute Gasteiger partial charge is 0.396 e. The van der Waals surface area contributed by atoms with Crippen molar-refractivity contribution in [1.82, 2.24) is 9.97 Å². The maximum Gasteiger partial charge on any atom is 0.134 e. The first-order valence-corrected chi connectivity index (χ1v) is 5.68. The molecule has 0 aromatic carbocycles. The maximum absolute atomic E-state index is 8.97. The van der Waals surface area contributed by atoms with E-state index in [-0.39, 0.29) is 12.6 Å². The Labute approximate surface area is 101 Å². The Balaban J connectivity index is 2.80. The van der Waals surface area contributed by atoms with Gasteiger partial charge in [0.25, 0.3) is 0 Å². The standard InChI is InChI=1S/C11H20N4O2/c1-3-9-10(12)13-7-14-11(9)15-8(4-5-16)6-17-2/h7-8,16H,3-6H2,1-2H3,(H3,12,13,14,15). The molecule has 1 unspecified atom stereocenters. The smallest absolute Gasteiger partial charge is 0.134 e. The van der Waals surface area contributed by atoms with Gasteiger partial charge in [0.1, 0.15) is 18.0 Å². The van der Waals surface area contributed by atoms with Crippen LogP contribution in [0.2, 0.25) is 0 Å². The van der Waals surface area contributed by atoms with Crippen molar-refractivity contribution < 1.29 is 9.84 Å². The number of rotatable bonds is 7. The van der Waals surface area contributed by atoms with Gasteiger partial charge in [-0.25, -0.2) is 9.97 Å². The molecule has 1 rings (SSSR count). The summed E-state index contributed by atoms with van der Waals surface area (Å²) < 4.78 is 5.08. The summed E-state index contributed by atoms with van der Waals surface area (Å²) in [6, 6.07) is 0.0181. The molecule has 0 radical (unpaired) electrons. The summed E-state index contributed by atoms with van der Waals surface area (Å²) in [6.45, 7) is 2.61. The van der Waals surface area contributed by atoms with E-state index >= 15 is 0 Å². The van der Waals surface area contributed by atoms with Gasteiger partial charge in [-0.3, -0.25) is 0 Å². The van der Waals surface area contributed by atoms with E-state index in [1.165, 1.54) is 6.33 Å². The molecule has 17 heavy (non-hydrogen) atoms. The fourth-order valence-corrected chi connectivity index (χ4v) is 1.65. The number of anilines is 2. The topological polar surface area (TPSA) is 93.3 Å². The lowest BCUT2D eigenvalue weighted by atomic mass is 10.2. The Morgan fingerprint density at radius 2 is 2.29 bits per heavy atom. The van der Waals surface area contributed by atoms with Crippen LogP contribution in [0, 0.1) is 0 Å². The summed E-state index contributed by atoms with van der Waals surface area (Å²) in [5.74, 6) is 1.21. The molecule has 0 aliphatic rings. The highest BCUT2D eigenvalue weighted by atomic mass is 16.5. The molecule has 0 fully saturated rings. The number of nitrogens with zero attached hydrogens (tertiary/aromatic N) is 2. The van der Waals surface area contributed by atoms with E-state index in [0.717, 1.165) is 17.8 Å². The van der Waals surface area contributed by atoms with E-state index in [9.17, 15) is 0 Å². The summed E-state index contributed by atoms with van der Waals surface area (Å²) in [5.41, 5.74) is 6.68. The van der Waals surface area contributed by atoms with Crippen LogP contribution in [-0.2, 0) is 11.2 Å². The second-order valence-electron chi connectivity index (χ2n) is 3.75. The highest BCUT2D eigenvalue weighted by molar-refractivity contribution is 5.55. The van der Waals surface area contributed by atoms with Gasteiger partial charge in [-0.15, -0.1) is 0 Å². The summed E-state index contributed by atoms with van der Waals surface area (Å²) in [7, 11) is 1.63. The Kier molecular flexibility index (Phi) is 5.65. The van der Waals surface area contributed by atoms with Crippen LogP contribution in [0.4, 0.5) is 11.6 Å². The quantitative estimate of drug-likeness (QED) is 0.640. The average molecular weight is 240 g/mol. The average Bonchev–Trinajstić information content (AvgIpc) is 2.30. The number of aliphatic hydroxyl groups excluding tert-OH is 1. The van der Waals surface area contributed by atoms with E-state index in [4.69, 9.17) is 15.6 Å². The SMILES string of the molecule is CCc1c(N)ncnc1NC(CCO)COC. The third kappa shape index (κ3) is 3.83. The van der Waals surface area contributed by atoms with Crippen LogP contribution in [0.1, 0.15) is 18.9 Å². The summed E-state index contributed by atoms with van der Waals surface area (Å²) in [5, 5.41) is 12.2. The lowest BCUT2D eigenvalue weighted by Gasteiger charge is -2.19. The molecule has 6 nitrogen and oxygen atoms in total. The van der Waals surface area contributed by atoms with Crippen molar-refractivity contribution in [3.05, 3.63) is 11.9 Å². The molecule has 1 aromatic rings. The molecule has 1 aromatic heterocycles. The zero-order valence-electron chi connectivity index (χ0n) is 10.3. The van der Waals surface area contributed by atoms with Gasteiger partial charge in [0.2, 0.25) is 0 Å². The van der Waals surface area contributed by atoms with Crippen LogP contribution in [-0.4, -0.2) is 41.4 Å². The predicted molar refractivity (Wildman–Crippen MR) is 66.8 cm³/mol. The fraction of sp³-hybridized carbons (Fsp3) is 0.636. The summed E-state index contributed by atoms with van der Waals surface area (Å²) >= 11 is 0. The van der Waals surface area contributed by atoms with E-state index < -0.39 is 0 Å². The molecule has 96 valence electrons. The fourth-order valence-electron chi connectivity index (χ4n) is 1.65. The van der Waals surface area contributed by atoms with Crippen LogP contribution in [0.25, 0.3) is 0 Å². The highest BCUT2D eigenvalue weighted by Gasteiger charge is 2.12. The van der Waals surface area contributed by atoms with Gasteiger partial charge in [0.15, 0.2) is 0 Å². The summed E-state index contributed by atoms with van der Waals surface area (Å²) in [4.78, 5) is 8.13. The maximum atomic E-state index is 8.97. The Morgan fingerprint density at radius 3 is 2.88 bits per heavy atom. The number of nitrogens with one attached hydrogen (secondary N) is 1. The van der Waals surface area contributed by atoms with Crippen molar-refractivity contribution in [1.29, 1.82) is 0 Å². The second-order valence-corrected chi connectivity index (χ2v) is 3.75. The predicted octanol–water partition coefficient (Wildman–Crippen LogP) is 0.430. The Hall–Kier alpha value is -1.40. The first kappa shape index (κ1) is 13.7. The van der Waals surface area contributed by atoms with Crippen molar-refractivity contribution in [2.75, 3.05) is 31.4 Å². The van der Waals surface area contributed by atoms with E-state index in [1.54, 1.807) is 7.11 Å². The first-order valence-electron chi connectivity index (χ1n) is 5.68.